The molecule has 0 saturated heterocycles. The summed E-state index contributed by atoms with van der Waals surface area (Å²) in [5, 5.41) is 2.42. The first-order chi connectivity index (χ1) is 3.41. The van der Waals surface area contributed by atoms with Gasteiger partial charge in [-0.15, -0.1) is 0 Å². The Morgan fingerprint density at radius 3 is 2.71 bits per heavy atom. The van der Waals surface area contributed by atoms with Gasteiger partial charge in [-0.25, -0.2) is 0 Å². The van der Waals surface area contributed by atoms with E-state index in [1.165, 1.54) is 19.1 Å². The summed E-state index contributed by atoms with van der Waals surface area (Å²) in [4.78, 5) is 0. The Balaban J connectivity index is 2.45. The van der Waals surface area contributed by atoms with Gasteiger partial charge in [-0.3, -0.25) is 0 Å². The van der Waals surface area contributed by atoms with E-state index in [2.05, 4.69) is 18.8 Å². The molecular formula is C5H16NSi+. The van der Waals surface area contributed by atoms with Crippen LogP contribution in [0.3, 0.4) is 0 Å². The normalized spacial score (nSPS) is 11.1. The van der Waals surface area contributed by atoms with Crippen molar-refractivity contribution < 1.29 is 5.32 Å². The largest absolute Gasteiger partial charge is 0.350 e. The van der Waals surface area contributed by atoms with Crippen molar-refractivity contribution in [1.82, 2.24) is 0 Å². The average Bonchev–Trinajstić information content (AvgIpc) is 1.69. The number of hydrogen-bond acceptors (Lipinski definition) is 0. The van der Waals surface area contributed by atoms with Gasteiger partial charge in [-0.05, 0) is 6.42 Å². The molecule has 0 amide bonds. The molecule has 0 bridgehead atoms. The van der Waals surface area contributed by atoms with Crippen LogP contribution in [-0.4, -0.2) is 22.2 Å². The lowest BCUT2D eigenvalue weighted by Crippen LogP contribution is -2.85. The SMILES string of the molecule is CCC[NH2+]C[SiH2]C. The number of nitrogens with two attached hydrogens (primary N) is 1. The first-order valence-electron chi connectivity index (χ1n) is 3.23. The highest BCUT2D eigenvalue weighted by atomic mass is 28.2. The lowest BCUT2D eigenvalue weighted by molar-refractivity contribution is -0.639. The summed E-state index contributed by atoms with van der Waals surface area (Å²) >= 11 is 0. The highest BCUT2D eigenvalue weighted by Crippen LogP contribution is 1.58. The van der Waals surface area contributed by atoms with Gasteiger partial charge in [-0.2, -0.15) is 0 Å². The molecule has 0 fully saturated rings. The van der Waals surface area contributed by atoms with Gasteiger partial charge in [0, 0.05) is 0 Å². The van der Waals surface area contributed by atoms with Crippen LogP contribution < -0.4 is 5.32 Å². The third-order valence-electron chi connectivity index (χ3n) is 0.986. The van der Waals surface area contributed by atoms with Crippen LogP contribution in [0.2, 0.25) is 6.55 Å². The zero-order valence-electron chi connectivity index (χ0n) is 5.41. The summed E-state index contributed by atoms with van der Waals surface area (Å²) in [5.41, 5.74) is 0. The zero-order valence-corrected chi connectivity index (χ0v) is 6.82. The van der Waals surface area contributed by atoms with Crippen LogP contribution in [0.4, 0.5) is 0 Å². The maximum Gasteiger partial charge on any atom is 0.0845 e. The Bertz CT molecular complexity index is 27.3. The molecule has 0 spiro atoms. The minimum atomic E-state index is 0.338. The Labute approximate surface area is 48.3 Å². The molecular weight excluding hydrogens is 102 g/mol. The van der Waals surface area contributed by atoms with E-state index in [0.717, 1.165) is 0 Å². The predicted molar refractivity (Wildman–Crippen MR) is 36.4 cm³/mol. The molecule has 0 aromatic heterocycles. The van der Waals surface area contributed by atoms with Crippen molar-refractivity contribution in [1.29, 1.82) is 0 Å². The predicted octanol–water partition coefficient (Wildman–Crippen LogP) is -0.866. The second-order valence-electron chi connectivity index (χ2n) is 1.87. The maximum absolute atomic E-state index is 2.42. The maximum atomic E-state index is 2.42. The van der Waals surface area contributed by atoms with E-state index in [-0.39, 0.29) is 0 Å². The molecule has 7 heavy (non-hydrogen) atoms. The fraction of sp³-hybridized carbons (Fsp3) is 1.00. The van der Waals surface area contributed by atoms with Gasteiger partial charge in [0.15, 0.2) is 0 Å². The summed E-state index contributed by atoms with van der Waals surface area (Å²) in [6.07, 6.45) is 2.77. The molecule has 0 atom stereocenters. The van der Waals surface area contributed by atoms with E-state index in [0.29, 0.717) is 9.52 Å². The van der Waals surface area contributed by atoms with E-state index in [1.54, 1.807) is 0 Å². The van der Waals surface area contributed by atoms with Crippen molar-refractivity contribution in [2.24, 2.45) is 0 Å². The second-order valence-corrected chi connectivity index (χ2v) is 3.44. The molecule has 2 N–H and O–H groups in total. The number of rotatable bonds is 4. The smallest absolute Gasteiger partial charge is 0.0845 e. The summed E-state index contributed by atoms with van der Waals surface area (Å²) in [6, 6.07) is 0. The van der Waals surface area contributed by atoms with E-state index in [1.807, 2.05) is 0 Å². The van der Waals surface area contributed by atoms with Gasteiger partial charge < -0.3 is 5.32 Å². The Hall–Kier alpha value is 0.177. The molecule has 0 rings (SSSR count). The van der Waals surface area contributed by atoms with Crippen molar-refractivity contribution in [3.8, 4) is 0 Å². The molecule has 0 aliphatic heterocycles. The molecule has 0 radical (unpaired) electrons. The van der Waals surface area contributed by atoms with Gasteiger partial charge in [0.05, 0.1) is 22.2 Å². The molecule has 0 aromatic rings. The topological polar surface area (TPSA) is 16.6 Å². The molecule has 0 unspecified atom stereocenters. The summed E-state index contributed by atoms with van der Waals surface area (Å²) in [7, 11) is 0.338. The molecule has 44 valence electrons. The van der Waals surface area contributed by atoms with Crippen molar-refractivity contribution in [2.45, 2.75) is 19.9 Å². The van der Waals surface area contributed by atoms with Gasteiger partial charge in [0.2, 0.25) is 0 Å². The van der Waals surface area contributed by atoms with Gasteiger partial charge in [0.25, 0.3) is 0 Å². The summed E-state index contributed by atoms with van der Waals surface area (Å²) in [6.45, 7) is 5.92. The Kier molecular flexibility index (Phi) is 6.33. The second kappa shape index (κ2) is 6.18. The lowest BCUT2D eigenvalue weighted by atomic mass is 10.5. The highest BCUT2D eigenvalue weighted by Gasteiger charge is 1.81. The van der Waals surface area contributed by atoms with Crippen molar-refractivity contribution in [3.63, 3.8) is 0 Å². The third kappa shape index (κ3) is 6.18. The number of hydrogen-bond donors (Lipinski definition) is 1. The highest BCUT2D eigenvalue weighted by molar-refractivity contribution is 6.32. The Morgan fingerprint density at radius 2 is 2.29 bits per heavy atom. The molecule has 1 nitrogen and oxygen atoms in total. The van der Waals surface area contributed by atoms with Crippen LogP contribution in [0.15, 0.2) is 0 Å². The fourth-order valence-corrected chi connectivity index (χ4v) is 1.25. The van der Waals surface area contributed by atoms with Gasteiger partial charge in [-0.1, -0.05) is 13.5 Å². The van der Waals surface area contributed by atoms with Crippen LogP contribution in [0.5, 0.6) is 0 Å². The third-order valence-corrected chi connectivity index (χ3v) is 1.97. The zero-order chi connectivity index (χ0) is 5.54. The molecule has 0 heterocycles. The van der Waals surface area contributed by atoms with E-state index in [4.69, 9.17) is 0 Å². The van der Waals surface area contributed by atoms with E-state index in [9.17, 15) is 0 Å². The standard InChI is InChI=1S/C5H15NSi/c1-3-4-6-5-7-2/h6H,3-5,7H2,1-2H3/p+1. The van der Waals surface area contributed by atoms with Crippen LogP contribution in [0.1, 0.15) is 13.3 Å². The lowest BCUT2D eigenvalue weighted by Gasteiger charge is -1.92. The molecule has 0 aromatic carbocycles. The summed E-state index contributed by atoms with van der Waals surface area (Å²) in [5.74, 6) is 0. The molecule has 0 aliphatic rings. The molecule has 2 heteroatoms. The monoisotopic (exact) mass is 118 g/mol. The van der Waals surface area contributed by atoms with Crippen LogP contribution >= 0.6 is 0 Å². The van der Waals surface area contributed by atoms with Gasteiger partial charge in [0.1, 0.15) is 0 Å². The number of quaternary nitrogens is 1. The van der Waals surface area contributed by atoms with Crippen molar-refractivity contribution in [2.75, 3.05) is 12.7 Å². The quantitative estimate of drug-likeness (QED) is 0.365. The summed E-state index contributed by atoms with van der Waals surface area (Å²) < 4.78 is 0. The Morgan fingerprint density at radius 1 is 1.57 bits per heavy atom. The molecule has 0 saturated carbocycles. The van der Waals surface area contributed by atoms with Crippen LogP contribution in [-0.2, 0) is 0 Å². The minimum Gasteiger partial charge on any atom is -0.350 e. The first kappa shape index (κ1) is 7.18. The molecule has 0 aliphatic carbocycles. The van der Waals surface area contributed by atoms with Crippen LogP contribution in [0, 0.1) is 0 Å². The first-order valence-corrected chi connectivity index (χ1v) is 5.64. The fourth-order valence-electron chi connectivity index (χ4n) is 0.553. The van der Waals surface area contributed by atoms with Crippen molar-refractivity contribution in [3.05, 3.63) is 0 Å². The minimum absolute atomic E-state index is 0.338. The van der Waals surface area contributed by atoms with E-state index < -0.39 is 0 Å². The van der Waals surface area contributed by atoms with Crippen molar-refractivity contribution >= 4 is 9.52 Å². The van der Waals surface area contributed by atoms with Gasteiger partial charge >= 0.3 is 0 Å². The average molecular weight is 118 g/mol. The van der Waals surface area contributed by atoms with Crippen LogP contribution in [0.25, 0.3) is 0 Å². The van der Waals surface area contributed by atoms with E-state index >= 15 is 0 Å².